The number of methoxy groups -OCH3 is 1. The number of hydrogen-bond donors (Lipinski definition) is 2. The third-order valence-electron chi connectivity index (χ3n) is 5.58. The zero-order valence-electron chi connectivity index (χ0n) is 18.2. The summed E-state index contributed by atoms with van der Waals surface area (Å²) < 4.78 is 20.1. The van der Waals surface area contributed by atoms with Gasteiger partial charge in [0.2, 0.25) is 0 Å². The Bertz CT molecular complexity index is 941. The number of hydrogen-bond acceptors (Lipinski definition) is 5. The Morgan fingerprint density at radius 2 is 1.81 bits per heavy atom. The second kappa shape index (κ2) is 9.30. The summed E-state index contributed by atoms with van der Waals surface area (Å²) >= 11 is 0. The third kappa shape index (κ3) is 5.11. The van der Waals surface area contributed by atoms with E-state index < -0.39 is 17.4 Å². The van der Waals surface area contributed by atoms with Crippen LogP contribution in [0.4, 0.5) is 25.4 Å². The number of ether oxygens (including phenoxy) is 1. The number of aromatic nitrogens is 1. The van der Waals surface area contributed by atoms with E-state index in [1.807, 2.05) is 20.8 Å². The number of carbonyl (C=O) groups excluding carboxylic acids is 2. The van der Waals surface area contributed by atoms with Crippen LogP contribution in [0.15, 0.2) is 36.5 Å². The van der Waals surface area contributed by atoms with E-state index in [4.69, 9.17) is 4.74 Å². The number of piperazine rings is 1. The van der Waals surface area contributed by atoms with Crippen molar-refractivity contribution in [1.29, 1.82) is 0 Å². The van der Waals surface area contributed by atoms with E-state index >= 15 is 4.39 Å². The summed E-state index contributed by atoms with van der Waals surface area (Å²) in [5.41, 5.74) is 1.27. The van der Waals surface area contributed by atoms with Crippen LogP contribution in [0.3, 0.4) is 0 Å². The number of benzene rings is 1. The van der Waals surface area contributed by atoms with E-state index in [0.29, 0.717) is 37.4 Å². The molecule has 2 aromatic rings. The van der Waals surface area contributed by atoms with E-state index in [1.54, 1.807) is 35.4 Å². The molecule has 1 aromatic carbocycles. The van der Waals surface area contributed by atoms with Gasteiger partial charge in [0.05, 0.1) is 24.7 Å². The molecule has 0 atom stereocenters. The Morgan fingerprint density at radius 1 is 1.10 bits per heavy atom. The summed E-state index contributed by atoms with van der Waals surface area (Å²) in [7, 11) is 1.36. The number of carbonyl (C=O) groups is 2. The van der Waals surface area contributed by atoms with E-state index in [2.05, 4.69) is 20.5 Å². The normalized spacial score (nSPS) is 14.8. The number of halogens is 1. The van der Waals surface area contributed by atoms with Gasteiger partial charge in [0.15, 0.2) is 5.82 Å². The fourth-order valence-corrected chi connectivity index (χ4v) is 3.67. The molecule has 2 N–H and O–H groups in total. The van der Waals surface area contributed by atoms with Crippen LogP contribution < -0.4 is 10.6 Å². The topological polar surface area (TPSA) is 86.8 Å². The summed E-state index contributed by atoms with van der Waals surface area (Å²) in [6.07, 6.45) is 1.18. The van der Waals surface area contributed by atoms with Gasteiger partial charge in [-0.05, 0) is 39.0 Å². The van der Waals surface area contributed by atoms with Gasteiger partial charge in [0.25, 0.3) is 0 Å². The molecule has 31 heavy (non-hydrogen) atoms. The van der Waals surface area contributed by atoms with Gasteiger partial charge in [0, 0.05) is 43.0 Å². The lowest BCUT2D eigenvalue weighted by Crippen LogP contribution is -2.54. The fourth-order valence-electron chi connectivity index (χ4n) is 3.67. The highest BCUT2D eigenvalue weighted by molar-refractivity contribution is 5.99. The number of aryl methyl sites for hydroxylation is 1. The molecule has 1 aliphatic rings. The number of urea groups is 1. The van der Waals surface area contributed by atoms with Crippen LogP contribution >= 0.6 is 0 Å². The fraction of sp³-hybridized carbons (Fsp3) is 0.409. The van der Waals surface area contributed by atoms with Gasteiger partial charge < -0.3 is 20.3 Å². The van der Waals surface area contributed by atoms with Crippen LogP contribution in [0.2, 0.25) is 0 Å². The van der Waals surface area contributed by atoms with Gasteiger partial charge in [-0.25, -0.2) is 14.0 Å². The van der Waals surface area contributed by atoms with Crippen LogP contribution in [0.25, 0.3) is 0 Å². The number of amides is 3. The van der Waals surface area contributed by atoms with Gasteiger partial charge in [-0.3, -0.25) is 9.88 Å². The summed E-state index contributed by atoms with van der Waals surface area (Å²) in [5, 5.41) is 5.23. The van der Waals surface area contributed by atoms with Crippen molar-refractivity contribution < 1.29 is 18.7 Å². The Balaban J connectivity index is 1.71. The minimum absolute atomic E-state index is 0.0938. The van der Waals surface area contributed by atoms with Crippen LogP contribution in [-0.4, -0.2) is 60.2 Å². The third-order valence-corrected chi connectivity index (χ3v) is 5.58. The predicted molar refractivity (Wildman–Crippen MR) is 117 cm³/mol. The lowest BCUT2D eigenvalue weighted by atomic mass is 9.90. The smallest absolute Gasteiger partial charge is 0.409 e. The van der Waals surface area contributed by atoms with Crippen molar-refractivity contribution >= 4 is 23.5 Å². The average Bonchev–Trinajstić information content (AvgIpc) is 2.76. The first-order valence-electron chi connectivity index (χ1n) is 10.1. The predicted octanol–water partition coefficient (Wildman–Crippen LogP) is 3.79. The van der Waals surface area contributed by atoms with Crippen molar-refractivity contribution in [1.82, 2.24) is 14.8 Å². The number of anilines is 2. The van der Waals surface area contributed by atoms with Gasteiger partial charge in [-0.2, -0.15) is 0 Å². The lowest BCUT2D eigenvalue weighted by Gasteiger charge is -2.44. The molecule has 3 amide bonds. The maximum absolute atomic E-state index is 15.4. The first kappa shape index (κ1) is 22.5. The van der Waals surface area contributed by atoms with Crippen molar-refractivity contribution in [3.8, 4) is 0 Å². The Hall–Kier alpha value is -3.20. The molecule has 1 saturated heterocycles. The molecular formula is C22H28FN5O3. The summed E-state index contributed by atoms with van der Waals surface area (Å²) in [6.45, 7) is 7.88. The number of rotatable bonds is 4. The average molecular weight is 429 g/mol. The summed E-state index contributed by atoms with van der Waals surface area (Å²) in [6, 6.07) is 7.91. The quantitative estimate of drug-likeness (QED) is 0.772. The molecule has 2 heterocycles. The largest absolute Gasteiger partial charge is 0.453 e. The highest BCUT2D eigenvalue weighted by atomic mass is 19.1. The van der Waals surface area contributed by atoms with Crippen LogP contribution in [0.1, 0.15) is 25.1 Å². The first-order chi connectivity index (χ1) is 14.7. The minimum atomic E-state index is -0.638. The standard InChI is InChI=1S/C22H28FN5O3/c1-15-8-9-16(14-24-15)25-20(29)26-18-7-5-6-17(19(18)23)22(2,3)28-12-10-27(11-13-28)21(30)31-4/h5-9,14H,10-13H2,1-4H3,(H2,25,26,29). The zero-order valence-corrected chi connectivity index (χ0v) is 18.2. The molecule has 0 spiro atoms. The lowest BCUT2D eigenvalue weighted by molar-refractivity contribution is 0.0430. The van der Waals surface area contributed by atoms with Crippen molar-refractivity contribution in [2.45, 2.75) is 26.3 Å². The van der Waals surface area contributed by atoms with Crippen molar-refractivity contribution in [2.75, 3.05) is 43.9 Å². The minimum Gasteiger partial charge on any atom is -0.453 e. The number of nitrogens with zero attached hydrogens (tertiary/aromatic N) is 3. The van der Waals surface area contributed by atoms with Crippen molar-refractivity contribution in [3.05, 3.63) is 53.6 Å². The maximum Gasteiger partial charge on any atom is 0.409 e. The van der Waals surface area contributed by atoms with Gasteiger partial charge in [0.1, 0.15) is 0 Å². The molecule has 1 aliphatic heterocycles. The van der Waals surface area contributed by atoms with Crippen LogP contribution in [0.5, 0.6) is 0 Å². The summed E-state index contributed by atoms with van der Waals surface area (Å²) in [4.78, 5) is 31.9. The molecule has 8 nitrogen and oxygen atoms in total. The Morgan fingerprint density at radius 3 is 2.42 bits per heavy atom. The van der Waals surface area contributed by atoms with Crippen LogP contribution in [-0.2, 0) is 10.3 Å². The zero-order chi connectivity index (χ0) is 22.6. The molecule has 0 aliphatic carbocycles. The van der Waals surface area contributed by atoms with E-state index in [1.165, 1.54) is 13.2 Å². The molecule has 1 aromatic heterocycles. The molecule has 0 saturated carbocycles. The Labute approximate surface area is 181 Å². The van der Waals surface area contributed by atoms with E-state index in [0.717, 1.165) is 5.69 Å². The van der Waals surface area contributed by atoms with Gasteiger partial charge in [-0.1, -0.05) is 12.1 Å². The molecule has 9 heteroatoms. The van der Waals surface area contributed by atoms with E-state index in [-0.39, 0.29) is 11.8 Å². The number of pyridine rings is 1. The SMILES string of the molecule is COC(=O)N1CCN(C(C)(C)c2cccc(NC(=O)Nc3ccc(C)nc3)c2F)CC1. The first-order valence-corrected chi connectivity index (χ1v) is 10.1. The van der Waals surface area contributed by atoms with Crippen molar-refractivity contribution in [2.24, 2.45) is 0 Å². The highest BCUT2D eigenvalue weighted by Gasteiger charge is 2.35. The van der Waals surface area contributed by atoms with Crippen molar-refractivity contribution in [3.63, 3.8) is 0 Å². The molecule has 0 bridgehead atoms. The Kier molecular flexibility index (Phi) is 6.74. The molecule has 1 fully saturated rings. The molecular weight excluding hydrogens is 401 g/mol. The second-order valence-corrected chi connectivity index (χ2v) is 7.94. The molecule has 0 radical (unpaired) electrons. The monoisotopic (exact) mass is 429 g/mol. The second-order valence-electron chi connectivity index (χ2n) is 7.94. The van der Waals surface area contributed by atoms with Gasteiger partial charge >= 0.3 is 12.1 Å². The highest BCUT2D eigenvalue weighted by Crippen LogP contribution is 2.33. The molecule has 0 unspecified atom stereocenters. The maximum atomic E-state index is 15.4. The van der Waals surface area contributed by atoms with Crippen LogP contribution in [0, 0.1) is 12.7 Å². The number of nitrogens with one attached hydrogen (secondary N) is 2. The summed E-state index contributed by atoms with van der Waals surface area (Å²) in [5.74, 6) is -0.486. The molecule has 3 rings (SSSR count). The van der Waals surface area contributed by atoms with E-state index in [9.17, 15) is 9.59 Å². The molecule has 166 valence electrons. The van der Waals surface area contributed by atoms with Gasteiger partial charge in [-0.15, -0.1) is 0 Å².